The Morgan fingerprint density at radius 2 is 2.00 bits per heavy atom. The summed E-state index contributed by atoms with van der Waals surface area (Å²) in [6, 6.07) is 13.9. The summed E-state index contributed by atoms with van der Waals surface area (Å²) in [6.45, 7) is 2.20. The predicted molar refractivity (Wildman–Crippen MR) is 103 cm³/mol. The third-order valence-corrected chi connectivity index (χ3v) is 5.01. The van der Waals surface area contributed by atoms with Gasteiger partial charge in [0.25, 0.3) is 0 Å². The van der Waals surface area contributed by atoms with Crippen LogP contribution < -0.4 is 9.47 Å². The summed E-state index contributed by atoms with van der Waals surface area (Å²) in [5.74, 6) is 1.91. The maximum absolute atomic E-state index is 12.9. The Bertz CT molecular complexity index is 747. The molecule has 0 aliphatic carbocycles. The second kappa shape index (κ2) is 9.40. The lowest BCUT2D eigenvalue weighted by atomic mass is 10.1. The molecular formula is C22H26FNO3. The van der Waals surface area contributed by atoms with Gasteiger partial charge in [-0.25, -0.2) is 4.39 Å². The van der Waals surface area contributed by atoms with Crippen LogP contribution in [0, 0.1) is 11.7 Å². The van der Waals surface area contributed by atoms with Crippen LogP contribution in [-0.4, -0.2) is 37.6 Å². The minimum Gasteiger partial charge on any atom is -0.497 e. The van der Waals surface area contributed by atoms with Crippen LogP contribution in [0.4, 0.5) is 4.39 Å². The number of amides is 1. The van der Waals surface area contributed by atoms with Crippen LogP contribution in [0.2, 0.25) is 0 Å². The SMILES string of the molecule is COc1cccc(CCC(=O)N2CCC(CCOc3ccc(F)cc3)C2)c1. The molecule has 0 N–H and O–H groups in total. The molecule has 1 fully saturated rings. The van der Waals surface area contributed by atoms with Crippen molar-refractivity contribution in [3.63, 3.8) is 0 Å². The van der Waals surface area contributed by atoms with Gasteiger partial charge in [0.2, 0.25) is 5.91 Å². The van der Waals surface area contributed by atoms with Crippen molar-refractivity contribution < 1.29 is 18.7 Å². The van der Waals surface area contributed by atoms with Crippen molar-refractivity contribution in [2.24, 2.45) is 5.92 Å². The van der Waals surface area contributed by atoms with Crippen LogP contribution in [0.1, 0.15) is 24.8 Å². The number of halogens is 1. The van der Waals surface area contributed by atoms with Crippen molar-refractivity contribution in [1.29, 1.82) is 0 Å². The standard InChI is InChI=1S/C22H26FNO3/c1-26-21-4-2-3-17(15-21)5-10-22(25)24-13-11-18(16-24)12-14-27-20-8-6-19(23)7-9-20/h2-4,6-9,15,18H,5,10-14,16H2,1H3. The summed E-state index contributed by atoms with van der Waals surface area (Å²) in [4.78, 5) is 14.4. The van der Waals surface area contributed by atoms with Crippen LogP contribution in [0.15, 0.2) is 48.5 Å². The molecule has 3 rings (SSSR count). The van der Waals surface area contributed by atoms with Gasteiger partial charge in [0.15, 0.2) is 0 Å². The molecule has 1 heterocycles. The van der Waals surface area contributed by atoms with Gasteiger partial charge in [0, 0.05) is 19.5 Å². The third kappa shape index (κ3) is 5.71. The molecule has 1 amide bonds. The van der Waals surface area contributed by atoms with Crippen molar-refractivity contribution in [2.45, 2.75) is 25.7 Å². The van der Waals surface area contributed by atoms with Crippen LogP contribution in [0.3, 0.4) is 0 Å². The Labute approximate surface area is 159 Å². The molecule has 27 heavy (non-hydrogen) atoms. The summed E-state index contributed by atoms with van der Waals surface area (Å²) in [5.41, 5.74) is 1.12. The van der Waals surface area contributed by atoms with Crippen LogP contribution in [0.25, 0.3) is 0 Å². The molecule has 0 aromatic heterocycles. The summed E-state index contributed by atoms with van der Waals surface area (Å²) in [7, 11) is 1.65. The molecule has 144 valence electrons. The highest BCUT2D eigenvalue weighted by molar-refractivity contribution is 5.76. The second-order valence-electron chi connectivity index (χ2n) is 6.94. The van der Waals surface area contributed by atoms with Crippen molar-refractivity contribution in [3.8, 4) is 11.5 Å². The van der Waals surface area contributed by atoms with Gasteiger partial charge in [-0.1, -0.05) is 12.1 Å². The molecular weight excluding hydrogens is 345 g/mol. The van der Waals surface area contributed by atoms with E-state index in [1.165, 1.54) is 12.1 Å². The Hall–Kier alpha value is -2.56. The summed E-state index contributed by atoms with van der Waals surface area (Å²) >= 11 is 0. The van der Waals surface area contributed by atoms with Gasteiger partial charge >= 0.3 is 0 Å². The lowest BCUT2D eigenvalue weighted by Crippen LogP contribution is -2.29. The van der Waals surface area contributed by atoms with E-state index in [9.17, 15) is 9.18 Å². The predicted octanol–water partition coefficient (Wildman–Crippen LogP) is 4.08. The van der Waals surface area contributed by atoms with Crippen molar-refractivity contribution in [2.75, 3.05) is 26.8 Å². The van der Waals surface area contributed by atoms with E-state index in [1.807, 2.05) is 29.2 Å². The number of methoxy groups -OCH3 is 1. The lowest BCUT2D eigenvalue weighted by molar-refractivity contribution is -0.130. The highest BCUT2D eigenvalue weighted by Crippen LogP contribution is 2.22. The molecule has 2 aromatic rings. The number of nitrogens with zero attached hydrogens (tertiary/aromatic N) is 1. The molecule has 0 bridgehead atoms. The molecule has 1 atom stereocenters. The Morgan fingerprint density at radius 1 is 1.19 bits per heavy atom. The van der Waals surface area contributed by atoms with Crippen molar-refractivity contribution in [3.05, 3.63) is 59.9 Å². The van der Waals surface area contributed by atoms with E-state index in [2.05, 4.69) is 0 Å². The van der Waals surface area contributed by atoms with Gasteiger partial charge in [-0.15, -0.1) is 0 Å². The number of benzene rings is 2. The van der Waals surface area contributed by atoms with Gasteiger partial charge in [0.05, 0.1) is 13.7 Å². The van der Waals surface area contributed by atoms with Gasteiger partial charge < -0.3 is 14.4 Å². The number of ether oxygens (including phenoxy) is 2. The average Bonchev–Trinajstić information content (AvgIpc) is 3.17. The highest BCUT2D eigenvalue weighted by Gasteiger charge is 2.25. The first kappa shape index (κ1) is 19.2. The number of carbonyl (C=O) groups excluding carboxylic acids is 1. The first-order valence-electron chi connectivity index (χ1n) is 9.43. The quantitative estimate of drug-likeness (QED) is 0.702. The number of rotatable bonds is 8. The molecule has 1 aliphatic rings. The molecule has 1 saturated heterocycles. The molecule has 0 spiro atoms. The summed E-state index contributed by atoms with van der Waals surface area (Å²) in [6.07, 6.45) is 3.16. The number of likely N-dealkylation sites (tertiary alicyclic amines) is 1. The number of hydrogen-bond acceptors (Lipinski definition) is 3. The fraction of sp³-hybridized carbons (Fsp3) is 0.409. The number of carbonyl (C=O) groups is 1. The van der Waals surface area contributed by atoms with Crippen LogP contribution in [-0.2, 0) is 11.2 Å². The monoisotopic (exact) mass is 371 g/mol. The van der Waals surface area contributed by atoms with Crippen LogP contribution >= 0.6 is 0 Å². The van der Waals surface area contributed by atoms with Gasteiger partial charge in [-0.2, -0.15) is 0 Å². The molecule has 1 aliphatic heterocycles. The van der Waals surface area contributed by atoms with Gasteiger partial charge in [0.1, 0.15) is 17.3 Å². The van der Waals surface area contributed by atoms with E-state index in [-0.39, 0.29) is 11.7 Å². The molecule has 4 nitrogen and oxygen atoms in total. The molecule has 2 aromatic carbocycles. The Kier molecular flexibility index (Phi) is 6.69. The average molecular weight is 371 g/mol. The first-order valence-corrected chi connectivity index (χ1v) is 9.43. The normalized spacial score (nSPS) is 16.4. The lowest BCUT2D eigenvalue weighted by Gasteiger charge is -2.17. The highest BCUT2D eigenvalue weighted by atomic mass is 19.1. The molecule has 5 heteroatoms. The maximum Gasteiger partial charge on any atom is 0.222 e. The first-order chi connectivity index (χ1) is 13.1. The zero-order chi connectivity index (χ0) is 19.1. The zero-order valence-corrected chi connectivity index (χ0v) is 15.7. The zero-order valence-electron chi connectivity index (χ0n) is 15.7. The minimum absolute atomic E-state index is 0.208. The van der Waals surface area contributed by atoms with Crippen molar-refractivity contribution in [1.82, 2.24) is 4.90 Å². The summed E-state index contributed by atoms with van der Waals surface area (Å²) in [5, 5.41) is 0. The largest absolute Gasteiger partial charge is 0.497 e. The third-order valence-electron chi connectivity index (χ3n) is 5.01. The second-order valence-corrected chi connectivity index (χ2v) is 6.94. The molecule has 1 unspecified atom stereocenters. The Morgan fingerprint density at radius 3 is 2.78 bits per heavy atom. The summed E-state index contributed by atoms with van der Waals surface area (Å²) < 4.78 is 23.8. The minimum atomic E-state index is -0.263. The van der Waals surface area contributed by atoms with E-state index < -0.39 is 0 Å². The van der Waals surface area contributed by atoms with E-state index in [4.69, 9.17) is 9.47 Å². The van der Waals surface area contributed by atoms with E-state index >= 15 is 0 Å². The van der Waals surface area contributed by atoms with E-state index in [1.54, 1.807) is 19.2 Å². The molecule has 0 saturated carbocycles. The number of hydrogen-bond donors (Lipinski definition) is 0. The fourth-order valence-corrected chi connectivity index (χ4v) is 3.41. The maximum atomic E-state index is 12.9. The topological polar surface area (TPSA) is 38.8 Å². The number of aryl methyl sites for hydroxylation is 1. The van der Waals surface area contributed by atoms with Crippen LogP contribution in [0.5, 0.6) is 11.5 Å². The van der Waals surface area contributed by atoms with Gasteiger partial charge in [-0.3, -0.25) is 4.79 Å². The fourth-order valence-electron chi connectivity index (χ4n) is 3.41. The van der Waals surface area contributed by atoms with E-state index in [0.29, 0.717) is 24.7 Å². The van der Waals surface area contributed by atoms with Crippen molar-refractivity contribution >= 4 is 5.91 Å². The van der Waals surface area contributed by atoms with Gasteiger partial charge in [-0.05, 0) is 67.1 Å². The van der Waals surface area contributed by atoms with E-state index in [0.717, 1.165) is 43.7 Å². The Balaban J connectivity index is 1.38. The molecule has 0 radical (unpaired) electrons. The smallest absolute Gasteiger partial charge is 0.222 e.